The van der Waals surface area contributed by atoms with Crippen LogP contribution in [0.15, 0.2) is 30.3 Å². The Morgan fingerprint density at radius 2 is 2.00 bits per heavy atom. The van der Waals surface area contributed by atoms with Crippen LogP contribution >= 0.6 is 0 Å². The summed E-state index contributed by atoms with van der Waals surface area (Å²) in [6.45, 7) is 4.23. The molecule has 0 fully saturated rings. The summed E-state index contributed by atoms with van der Waals surface area (Å²) in [6.07, 6.45) is 3.05. The van der Waals surface area contributed by atoms with Gasteiger partial charge in [0.25, 0.3) is 0 Å². The first-order valence-electron chi connectivity index (χ1n) is 7.25. The number of tetrazole rings is 1. The predicted molar refractivity (Wildman–Crippen MR) is 79.3 cm³/mol. The molecule has 5 nitrogen and oxygen atoms in total. The van der Waals surface area contributed by atoms with Gasteiger partial charge in [-0.15, -0.1) is 10.2 Å². The van der Waals surface area contributed by atoms with E-state index in [1.165, 1.54) is 10.4 Å². The Morgan fingerprint density at radius 1 is 1.20 bits per heavy atom. The zero-order chi connectivity index (χ0) is 14.2. The number of hydrogen-bond donors (Lipinski definition) is 1. The Morgan fingerprint density at radius 3 is 2.65 bits per heavy atom. The molecule has 20 heavy (non-hydrogen) atoms. The van der Waals surface area contributed by atoms with Crippen LogP contribution in [-0.4, -0.2) is 33.3 Å². The molecule has 0 amide bonds. The highest BCUT2D eigenvalue weighted by Crippen LogP contribution is 2.12. The molecule has 1 aromatic heterocycles. The molecule has 5 heteroatoms. The van der Waals surface area contributed by atoms with Gasteiger partial charge in [0.05, 0.1) is 7.05 Å². The van der Waals surface area contributed by atoms with Gasteiger partial charge >= 0.3 is 0 Å². The van der Waals surface area contributed by atoms with Crippen molar-refractivity contribution in [1.82, 2.24) is 25.5 Å². The minimum atomic E-state index is 0.494. The number of aryl methyl sites for hydroxylation is 1. The van der Waals surface area contributed by atoms with E-state index in [2.05, 4.69) is 58.0 Å². The highest BCUT2D eigenvalue weighted by molar-refractivity contribution is 5.15. The third-order valence-electron chi connectivity index (χ3n) is 3.25. The van der Waals surface area contributed by atoms with Crippen molar-refractivity contribution in [2.45, 2.75) is 26.2 Å². The van der Waals surface area contributed by atoms with Gasteiger partial charge in [-0.25, -0.2) is 0 Å². The molecule has 0 bridgehead atoms. The number of nitrogens with one attached hydrogen (secondary N) is 1. The monoisotopic (exact) mass is 273 g/mol. The highest BCUT2D eigenvalue weighted by atomic mass is 15.6. The third kappa shape index (κ3) is 4.74. The molecule has 1 aromatic carbocycles. The van der Waals surface area contributed by atoms with Crippen molar-refractivity contribution in [2.75, 3.05) is 13.1 Å². The van der Waals surface area contributed by atoms with Crippen LogP contribution in [0.2, 0.25) is 0 Å². The molecule has 0 saturated heterocycles. The van der Waals surface area contributed by atoms with Crippen molar-refractivity contribution in [3.05, 3.63) is 41.7 Å². The minimum absolute atomic E-state index is 0.494. The fraction of sp³-hybridized carbons (Fsp3) is 0.533. The van der Waals surface area contributed by atoms with Crippen LogP contribution in [0.1, 0.15) is 24.7 Å². The number of rotatable bonds is 8. The fourth-order valence-corrected chi connectivity index (χ4v) is 2.31. The van der Waals surface area contributed by atoms with E-state index in [9.17, 15) is 0 Å². The van der Waals surface area contributed by atoms with Crippen LogP contribution in [0.4, 0.5) is 0 Å². The minimum Gasteiger partial charge on any atom is -0.316 e. The van der Waals surface area contributed by atoms with Crippen molar-refractivity contribution in [2.24, 2.45) is 13.0 Å². The molecule has 2 rings (SSSR count). The summed E-state index contributed by atoms with van der Waals surface area (Å²) < 4.78 is 0. The average molecular weight is 273 g/mol. The number of aromatic nitrogens is 4. The van der Waals surface area contributed by atoms with E-state index in [-0.39, 0.29) is 0 Å². The lowest BCUT2D eigenvalue weighted by Gasteiger charge is -2.16. The maximum atomic E-state index is 4.29. The highest BCUT2D eigenvalue weighted by Gasteiger charge is 2.13. The third-order valence-corrected chi connectivity index (χ3v) is 3.25. The van der Waals surface area contributed by atoms with Gasteiger partial charge in [-0.1, -0.05) is 37.3 Å². The number of benzene rings is 1. The topological polar surface area (TPSA) is 55.6 Å². The summed E-state index contributed by atoms with van der Waals surface area (Å²) in [5.74, 6) is 1.32. The molecule has 0 aliphatic rings. The Bertz CT molecular complexity index is 494. The molecule has 1 atom stereocenters. The standard InChI is InChI=1S/C15H23N5/c1-3-9-16-12-14(10-13-7-5-4-6-8-13)11-15-17-19-20(2)18-15/h4-8,14,16H,3,9-12H2,1-2H3. The molecular weight excluding hydrogens is 250 g/mol. The summed E-state index contributed by atoms with van der Waals surface area (Å²) in [5.41, 5.74) is 1.36. The van der Waals surface area contributed by atoms with E-state index in [0.717, 1.165) is 38.2 Å². The Hall–Kier alpha value is -1.75. The summed E-state index contributed by atoms with van der Waals surface area (Å²) in [7, 11) is 1.80. The van der Waals surface area contributed by atoms with Gasteiger partial charge in [-0.3, -0.25) is 0 Å². The van der Waals surface area contributed by atoms with E-state index in [4.69, 9.17) is 0 Å². The van der Waals surface area contributed by atoms with Crippen molar-refractivity contribution < 1.29 is 0 Å². The van der Waals surface area contributed by atoms with E-state index in [1.807, 2.05) is 0 Å². The van der Waals surface area contributed by atoms with Crippen molar-refractivity contribution in [3.63, 3.8) is 0 Å². The van der Waals surface area contributed by atoms with Gasteiger partial charge in [0, 0.05) is 6.42 Å². The largest absolute Gasteiger partial charge is 0.316 e. The van der Waals surface area contributed by atoms with Gasteiger partial charge in [0.15, 0.2) is 5.82 Å². The summed E-state index contributed by atoms with van der Waals surface area (Å²) in [5, 5.41) is 15.8. The maximum absolute atomic E-state index is 4.29. The van der Waals surface area contributed by atoms with E-state index >= 15 is 0 Å². The summed E-state index contributed by atoms with van der Waals surface area (Å²) in [6, 6.07) is 10.6. The second kappa shape index (κ2) is 7.75. The smallest absolute Gasteiger partial charge is 0.175 e. The molecule has 0 spiro atoms. The number of nitrogens with zero attached hydrogens (tertiary/aromatic N) is 4. The summed E-state index contributed by atoms with van der Waals surface area (Å²) in [4.78, 5) is 1.52. The molecular formula is C15H23N5. The van der Waals surface area contributed by atoms with Gasteiger partial charge in [0.2, 0.25) is 0 Å². The van der Waals surface area contributed by atoms with Gasteiger partial charge < -0.3 is 5.32 Å². The lowest BCUT2D eigenvalue weighted by Crippen LogP contribution is -2.27. The zero-order valence-electron chi connectivity index (χ0n) is 12.3. The van der Waals surface area contributed by atoms with Gasteiger partial charge in [0.1, 0.15) is 0 Å². The molecule has 2 aromatic rings. The van der Waals surface area contributed by atoms with E-state index in [1.54, 1.807) is 7.05 Å². The van der Waals surface area contributed by atoms with Crippen LogP contribution in [0, 0.1) is 5.92 Å². The Kier molecular flexibility index (Phi) is 5.68. The van der Waals surface area contributed by atoms with Crippen molar-refractivity contribution >= 4 is 0 Å². The molecule has 108 valence electrons. The normalized spacial score (nSPS) is 12.5. The van der Waals surface area contributed by atoms with Gasteiger partial charge in [-0.05, 0) is 42.6 Å². The first-order chi connectivity index (χ1) is 9.78. The van der Waals surface area contributed by atoms with Crippen LogP contribution in [0.25, 0.3) is 0 Å². The Balaban J connectivity index is 1.96. The quantitative estimate of drug-likeness (QED) is 0.742. The second-order valence-corrected chi connectivity index (χ2v) is 5.16. The molecule has 1 unspecified atom stereocenters. The fourth-order valence-electron chi connectivity index (χ4n) is 2.31. The molecule has 1 heterocycles. The molecule has 0 radical (unpaired) electrons. The SMILES string of the molecule is CCCNCC(Cc1ccccc1)Cc1nnn(C)n1. The molecule has 0 aliphatic heterocycles. The van der Waals surface area contributed by atoms with Crippen LogP contribution < -0.4 is 5.32 Å². The average Bonchev–Trinajstić information content (AvgIpc) is 2.85. The molecule has 0 saturated carbocycles. The Labute approximate surface area is 120 Å². The lowest BCUT2D eigenvalue weighted by atomic mass is 9.96. The van der Waals surface area contributed by atoms with Crippen LogP contribution in [-0.2, 0) is 19.9 Å². The molecule has 0 aliphatic carbocycles. The first-order valence-corrected chi connectivity index (χ1v) is 7.25. The van der Waals surface area contributed by atoms with Crippen LogP contribution in [0.5, 0.6) is 0 Å². The van der Waals surface area contributed by atoms with E-state index in [0.29, 0.717) is 5.92 Å². The van der Waals surface area contributed by atoms with Crippen LogP contribution in [0.3, 0.4) is 0 Å². The lowest BCUT2D eigenvalue weighted by molar-refractivity contribution is 0.460. The first kappa shape index (κ1) is 14.7. The van der Waals surface area contributed by atoms with Crippen molar-refractivity contribution in [1.29, 1.82) is 0 Å². The maximum Gasteiger partial charge on any atom is 0.175 e. The second-order valence-electron chi connectivity index (χ2n) is 5.16. The number of hydrogen-bond acceptors (Lipinski definition) is 4. The molecule has 1 N–H and O–H groups in total. The summed E-state index contributed by atoms with van der Waals surface area (Å²) >= 11 is 0. The van der Waals surface area contributed by atoms with E-state index < -0.39 is 0 Å². The van der Waals surface area contributed by atoms with Crippen molar-refractivity contribution in [3.8, 4) is 0 Å². The van der Waals surface area contributed by atoms with Gasteiger partial charge in [-0.2, -0.15) is 4.80 Å². The predicted octanol–water partition coefficient (Wildman–Crippen LogP) is 1.61. The zero-order valence-corrected chi connectivity index (χ0v) is 12.3.